The summed E-state index contributed by atoms with van der Waals surface area (Å²) < 4.78 is 25.2. The third-order valence-electron chi connectivity index (χ3n) is 5.91. The molecule has 0 saturated carbocycles. The molecule has 2 aromatic carbocycles. The number of carbonyl (C=O) groups is 2. The van der Waals surface area contributed by atoms with E-state index in [-0.39, 0.29) is 42.0 Å². The summed E-state index contributed by atoms with van der Waals surface area (Å²) in [4.78, 5) is 26.8. The Morgan fingerprint density at radius 2 is 1.91 bits per heavy atom. The van der Waals surface area contributed by atoms with Gasteiger partial charge in [-0.05, 0) is 66.4 Å². The van der Waals surface area contributed by atoms with Gasteiger partial charge in [-0.1, -0.05) is 32.0 Å². The van der Waals surface area contributed by atoms with Gasteiger partial charge in [0.1, 0.15) is 23.9 Å². The molecule has 0 aliphatic carbocycles. The maximum Gasteiger partial charge on any atom is 0.286 e. The summed E-state index contributed by atoms with van der Waals surface area (Å²) in [5, 5.41) is 2.70. The van der Waals surface area contributed by atoms with Crippen LogP contribution in [0.1, 0.15) is 59.8 Å². The van der Waals surface area contributed by atoms with E-state index in [0.717, 1.165) is 23.1 Å². The summed E-state index contributed by atoms with van der Waals surface area (Å²) in [6, 6.07) is 15.2. The molecule has 3 aromatic rings. The Balaban J connectivity index is 1.60. The highest BCUT2D eigenvalue weighted by atomic mass is 19.1. The number of furan rings is 1. The number of nitrogens with one attached hydrogen (secondary N) is 1. The number of fused-ring (bicyclic) bond motifs is 1. The van der Waals surface area contributed by atoms with E-state index in [1.165, 1.54) is 12.1 Å². The highest BCUT2D eigenvalue weighted by molar-refractivity contribution is 5.91. The van der Waals surface area contributed by atoms with Gasteiger partial charge in [0.2, 0.25) is 5.91 Å². The number of hydrogen-bond donors (Lipinski definition) is 1. The third-order valence-corrected chi connectivity index (χ3v) is 5.91. The van der Waals surface area contributed by atoms with Crippen LogP contribution in [-0.4, -0.2) is 29.8 Å². The first kappa shape index (κ1) is 23.5. The van der Waals surface area contributed by atoms with E-state index >= 15 is 0 Å². The summed E-state index contributed by atoms with van der Waals surface area (Å²) in [6.45, 7) is 6.90. The van der Waals surface area contributed by atoms with Crippen molar-refractivity contribution in [2.24, 2.45) is 5.92 Å². The summed E-state index contributed by atoms with van der Waals surface area (Å²) >= 11 is 0. The molecule has 0 bridgehead atoms. The third kappa shape index (κ3) is 4.98. The molecule has 0 spiro atoms. The smallest absolute Gasteiger partial charge is 0.286 e. The first-order valence-corrected chi connectivity index (χ1v) is 11.6. The molecule has 0 fully saturated rings. The van der Waals surface area contributed by atoms with Crippen molar-refractivity contribution in [3.63, 3.8) is 0 Å². The van der Waals surface area contributed by atoms with Gasteiger partial charge in [-0.2, -0.15) is 0 Å². The molecule has 0 radical (unpaired) electrons. The minimum absolute atomic E-state index is 0.0553. The first-order valence-electron chi connectivity index (χ1n) is 11.6. The Labute approximate surface area is 198 Å². The molecule has 34 heavy (non-hydrogen) atoms. The Hall–Kier alpha value is -3.61. The molecule has 1 aliphatic heterocycles. The Bertz CT molecular complexity index is 1170. The maximum absolute atomic E-state index is 13.6. The lowest BCUT2D eigenvalue weighted by molar-refractivity contribution is -0.136. The predicted octanol–water partition coefficient (Wildman–Crippen LogP) is 4.88. The van der Waals surface area contributed by atoms with E-state index in [1.807, 2.05) is 43.9 Å². The SMILES string of the molecule is CCNC(=O)c1ccc(COc2ccc3c(c2)[C@@H](c2ccc(F)cc2)N(C(=O)C(C)C)CC3)o1. The molecule has 178 valence electrons. The van der Waals surface area contributed by atoms with Crippen LogP contribution in [-0.2, 0) is 17.8 Å². The number of halogens is 1. The Morgan fingerprint density at radius 3 is 2.62 bits per heavy atom. The molecule has 2 heterocycles. The second-order valence-corrected chi connectivity index (χ2v) is 8.67. The monoisotopic (exact) mass is 464 g/mol. The van der Waals surface area contributed by atoms with Crippen molar-refractivity contribution in [3.8, 4) is 5.75 Å². The second kappa shape index (κ2) is 10.1. The summed E-state index contributed by atoms with van der Waals surface area (Å²) in [7, 11) is 0. The molecule has 6 nitrogen and oxygen atoms in total. The van der Waals surface area contributed by atoms with Gasteiger partial charge < -0.3 is 19.4 Å². The van der Waals surface area contributed by atoms with E-state index in [4.69, 9.17) is 9.15 Å². The van der Waals surface area contributed by atoms with E-state index < -0.39 is 0 Å². The van der Waals surface area contributed by atoms with Crippen LogP contribution in [0.25, 0.3) is 0 Å². The van der Waals surface area contributed by atoms with Crippen LogP contribution in [0.5, 0.6) is 5.75 Å². The van der Waals surface area contributed by atoms with E-state index in [0.29, 0.717) is 24.6 Å². The summed E-state index contributed by atoms with van der Waals surface area (Å²) in [6.07, 6.45) is 0.736. The largest absolute Gasteiger partial charge is 0.486 e. The first-order chi connectivity index (χ1) is 16.4. The number of ether oxygens (including phenoxy) is 1. The van der Waals surface area contributed by atoms with E-state index in [9.17, 15) is 14.0 Å². The summed E-state index contributed by atoms with van der Waals surface area (Å²) in [5.41, 5.74) is 2.95. The normalized spacial score (nSPS) is 15.2. The highest BCUT2D eigenvalue weighted by Gasteiger charge is 2.33. The molecule has 7 heteroatoms. The highest BCUT2D eigenvalue weighted by Crippen LogP contribution is 2.38. The minimum atomic E-state index is -0.323. The lowest BCUT2D eigenvalue weighted by Gasteiger charge is -2.39. The second-order valence-electron chi connectivity index (χ2n) is 8.67. The Morgan fingerprint density at radius 1 is 1.15 bits per heavy atom. The quantitative estimate of drug-likeness (QED) is 0.541. The fourth-order valence-electron chi connectivity index (χ4n) is 4.24. The molecule has 0 unspecified atom stereocenters. The van der Waals surface area contributed by atoms with Gasteiger partial charge in [0.15, 0.2) is 5.76 Å². The zero-order valence-corrected chi connectivity index (χ0v) is 19.6. The number of rotatable bonds is 7. The molecule has 1 aromatic heterocycles. The van der Waals surface area contributed by atoms with Crippen LogP contribution >= 0.6 is 0 Å². The topological polar surface area (TPSA) is 71.8 Å². The average Bonchev–Trinajstić information content (AvgIpc) is 3.31. The van der Waals surface area contributed by atoms with Gasteiger partial charge in [-0.3, -0.25) is 9.59 Å². The molecule has 1 aliphatic rings. The van der Waals surface area contributed by atoms with E-state index in [1.54, 1.807) is 24.3 Å². The number of hydrogen-bond acceptors (Lipinski definition) is 4. The van der Waals surface area contributed by atoms with Crippen LogP contribution in [0.2, 0.25) is 0 Å². The fraction of sp³-hybridized carbons (Fsp3) is 0.333. The number of amides is 2. The van der Waals surface area contributed by atoms with Gasteiger partial charge >= 0.3 is 0 Å². The van der Waals surface area contributed by atoms with Gasteiger partial charge in [-0.25, -0.2) is 4.39 Å². The molecule has 4 rings (SSSR count). The van der Waals surface area contributed by atoms with Crippen LogP contribution in [0, 0.1) is 11.7 Å². The zero-order chi connectivity index (χ0) is 24.2. The van der Waals surface area contributed by atoms with Crippen molar-refractivity contribution in [2.45, 2.75) is 39.8 Å². The molecule has 0 saturated heterocycles. The van der Waals surface area contributed by atoms with Crippen LogP contribution < -0.4 is 10.1 Å². The van der Waals surface area contributed by atoms with Gasteiger partial charge in [0.05, 0.1) is 6.04 Å². The molecular weight excluding hydrogens is 435 g/mol. The lowest BCUT2D eigenvalue weighted by Crippen LogP contribution is -2.42. The van der Waals surface area contributed by atoms with Gasteiger partial charge in [-0.15, -0.1) is 0 Å². The van der Waals surface area contributed by atoms with Crippen molar-refractivity contribution in [1.82, 2.24) is 10.2 Å². The molecule has 1 N–H and O–H groups in total. The zero-order valence-electron chi connectivity index (χ0n) is 19.6. The number of carbonyl (C=O) groups excluding carboxylic acids is 2. The van der Waals surface area contributed by atoms with Crippen molar-refractivity contribution < 1.29 is 23.1 Å². The molecule has 1 atom stereocenters. The number of benzene rings is 2. The van der Waals surface area contributed by atoms with Crippen LogP contribution in [0.4, 0.5) is 4.39 Å². The minimum Gasteiger partial charge on any atom is -0.486 e. The number of nitrogens with zero attached hydrogens (tertiary/aromatic N) is 1. The summed E-state index contributed by atoms with van der Waals surface area (Å²) in [5.74, 6) is 0.724. The van der Waals surface area contributed by atoms with Crippen molar-refractivity contribution in [3.05, 3.63) is 88.6 Å². The van der Waals surface area contributed by atoms with Crippen molar-refractivity contribution >= 4 is 11.8 Å². The maximum atomic E-state index is 13.6. The average molecular weight is 465 g/mol. The molecular formula is C27H29FN2O4. The van der Waals surface area contributed by atoms with Crippen LogP contribution in [0.3, 0.4) is 0 Å². The van der Waals surface area contributed by atoms with E-state index in [2.05, 4.69) is 5.32 Å². The van der Waals surface area contributed by atoms with Crippen LogP contribution in [0.15, 0.2) is 59.0 Å². The standard InChI is InChI=1S/C27H29FN2O4/c1-4-29-26(31)24-12-11-22(34-24)16-33-21-10-7-18-13-14-30(27(32)17(2)3)25(23(18)15-21)19-5-8-20(28)9-6-19/h5-12,15,17,25H,4,13-14,16H2,1-3H3,(H,29,31)/t25-/m1/s1. The molecule has 2 amide bonds. The fourth-order valence-corrected chi connectivity index (χ4v) is 4.24. The van der Waals surface area contributed by atoms with Gasteiger partial charge in [0.25, 0.3) is 5.91 Å². The lowest BCUT2D eigenvalue weighted by atomic mass is 9.87. The van der Waals surface area contributed by atoms with Crippen molar-refractivity contribution in [2.75, 3.05) is 13.1 Å². The van der Waals surface area contributed by atoms with Gasteiger partial charge in [0, 0.05) is 19.0 Å². The van der Waals surface area contributed by atoms with Crippen molar-refractivity contribution in [1.29, 1.82) is 0 Å². The Kier molecular flexibility index (Phi) is 7.01. The predicted molar refractivity (Wildman–Crippen MR) is 126 cm³/mol.